The van der Waals surface area contributed by atoms with Gasteiger partial charge < -0.3 is 10.2 Å². The molecule has 4 heteroatoms. The molecular weight excluding hydrogens is 216 g/mol. The molecule has 0 aromatic rings. The maximum Gasteiger partial charge on any atom is 0.245 e. The van der Waals surface area contributed by atoms with E-state index in [-0.39, 0.29) is 23.9 Å². The molecule has 0 aromatic heterocycles. The molecule has 0 aliphatic carbocycles. The van der Waals surface area contributed by atoms with Crippen LogP contribution in [0.1, 0.15) is 40.0 Å². The summed E-state index contributed by atoms with van der Waals surface area (Å²) in [6.07, 6.45) is 1.91. The average Bonchev–Trinajstić information content (AvgIpc) is 2.33. The lowest BCUT2D eigenvalue weighted by Gasteiger charge is -2.38. The molecule has 1 fully saturated rings. The third kappa shape index (κ3) is 3.00. The van der Waals surface area contributed by atoms with Crippen molar-refractivity contribution in [1.82, 2.24) is 10.2 Å². The molecule has 0 radical (unpaired) electrons. The molecular formula is C13H20N2O2. The molecule has 1 aliphatic heterocycles. The van der Waals surface area contributed by atoms with Gasteiger partial charge in [-0.05, 0) is 19.8 Å². The Morgan fingerprint density at radius 3 is 2.53 bits per heavy atom. The first kappa shape index (κ1) is 13.6. The first-order valence-electron chi connectivity index (χ1n) is 6.16. The molecule has 0 spiro atoms. The Labute approximate surface area is 103 Å². The molecule has 2 unspecified atom stereocenters. The normalized spacial score (nSPS) is 24.1. The second kappa shape index (κ2) is 6.29. The van der Waals surface area contributed by atoms with Crippen molar-refractivity contribution in [1.29, 1.82) is 0 Å². The number of nitrogens with one attached hydrogen (secondary N) is 1. The fourth-order valence-corrected chi connectivity index (χ4v) is 2.07. The first-order valence-corrected chi connectivity index (χ1v) is 6.16. The monoisotopic (exact) mass is 236 g/mol. The Morgan fingerprint density at radius 2 is 2.00 bits per heavy atom. The van der Waals surface area contributed by atoms with Gasteiger partial charge in [0.05, 0.1) is 0 Å². The molecule has 0 saturated carbocycles. The van der Waals surface area contributed by atoms with E-state index in [2.05, 4.69) is 17.2 Å². The van der Waals surface area contributed by atoms with Gasteiger partial charge in [-0.25, -0.2) is 0 Å². The maximum absolute atomic E-state index is 12.1. The third-order valence-corrected chi connectivity index (χ3v) is 3.03. The summed E-state index contributed by atoms with van der Waals surface area (Å²) >= 11 is 0. The van der Waals surface area contributed by atoms with Crippen LogP contribution in [-0.4, -0.2) is 35.3 Å². The number of amides is 2. The van der Waals surface area contributed by atoms with Crippen LogP contribution in [0, 0.1) is 11.8 Å². The zero-order chi connectivity index (χ0) is 12.8. The molecule has 0 bridgehead atoms. The first-order chi connectivity index (χ1) is 8.15. The highest BCUT2D eigenvalue weighted by Gasteiger charge is 2.38. The molecule has 17 heavy (non-hydrogen) atoms. The van der Waals surface area contributed by atoms with E-state index in [1.807, 2.05) is 13.8 Å². The number of piperazine rings is 1. The Balaban J connectivity index is 2.79. The number of nitrogens with zero attached hydrogens (tertiary/aromatic N) is 1. The van der Waals surface area contributed by atoms with Gasteiger partial charge in [0.1, 0.15) is 12.1 Å². The molecule has 0 aromatic carbocycles. The van der Waals surface area contributed by atoms with Gasteiger partial charge in [0.25, 0.3) is 0 Å². The van der Waals surface area contributed by atoms with Crippen LogP contribution in [0.15, 0.2) is 0 Å². The zero-order valence-corrected chi connectivity index (χ0v) is 10.7. The van der Waals surface area contributed by atoms with Crippen molar-refractivity contribution in [2.24, 2.45) is 0 Å². The predicted molar refractivity (Wildman–Crippen MR) is 66.1 cm³/mol. The lowest BCUT2D eigenvalue weighted by molar-refractivity contribution is -0.149. The molecule has 1 aliphatic rings. The van der Waals surface area contributed by atoms with Crippen LogP contribution in [0.5, 0.6) is 0 Å². The summed E-state index contributed by atoms with van der Waals surface area (Å²) in [6.45, 7) is 6.14. The number of carbonyl (C=O) groups excluding carboxylic acids is 2. The Hall–Kier alpha value is -1.50. The Morgan fingerprint density at radius 1 is 1.29 bits per heavy atom. The van der Waals surface area contributed by atoms with Crippen molar-refractivity contribution in [2.45, 2.75) is 52.1 Å². The van der Waals surface area contributed by atoms with E-state index in [1.54, 1.807) is 11.8 Å². The number of rotatable bonds is 4. The van der Waals surface area contributed by atoms with Gasteiger partial charge in [0.15, 0.2) is 0 Å². The van der Waals surface area contributed by atoms with Crippen LogP contribution in [0.25, 0.3) is 0 Å². The van der Waals surface area contributed by atoms with Crippen LogP contribution in [-0.2, 0) is 9.59 Å². The van der Waals surface area contributed by atoms with Crippen molar-refractivity contribution in [3.63, 3.8) is 0 Å². The minimum atomic E-state index is -0.361. The van der Waals surface area contributed by atoms with Gasteiger partial charge in [-0.1, -0.05) is 13.8 Å². The maximum atomic E-state index is 12.1. The average molecular weight is 236 g/mol. The highest BCUT2D eigenvalue weighted by molar-refractivity contribution is 5.96. The van der Waals surface area contributed by atoms with Gasteiger partial charge in [0.2, 0.25) is 11.8 Å². The highest BCUT2D eigenvalue weighted by atomic mass is 16.2. The van der Waals surface area contributed by atoms with Gasteiger partial charge in [-0.3, -0.25) is 9.59 Å². The van der Waals surface area contributed by atoms with Gasteiger partial charge >= 0.3 is 0 Å². The Kier molecular flexibility index (Phi) is 5.02. The van der Waals surface area contributed by atoms with E-state index >= 15 is 0 Å². The van der Waals surface area contributed by atoms with Crippen LogP contribution in [0.4, 0.5) is 0 Å². The second-order valence-corrected chi connectivity index (χ2v) is 4.10. The molecule has 1 N–H and O–H groups in total. The standard InChI is InChI=1S/C13H20N2O2/c1-4-7-8-9-15-11(6-3)12(16)14-10(5-2)13(15)17/h10-11H,5-6,8-9H2,1-3H3,(H,14,16). The summed E-state index contributed by atoms with van der Waals surface area (Å²) in [5.41, 5.74) is 0. The van der Waals surface area contributed by atoms with E-state index in [4.69, 9.17) is 0 Å². The SMILES string of the molecule is CC#CCCN1C(=O)C(CC)NC(=O)C1CC. The molecule has 2 amide bonds. The molecule has 1 heterocycles. The highest BCUT2D eigenvalue weighted by Crippen LogP contribution is 2.15. The fourth-order valence-electron chi connectivity index (χ4n) is 2.07. The van der Waals surface area contributed by atoms with Crippen molar-refractivity contribution in [2.75, 3.05) is 6.54 Å². The van der Waals surface area contributed by atoms with Crippen molar-refractivity contribution in [3.8, 4) is 11.8 Å². The van der Waals surface area contributed by atoms with Crippen LogP contribution < -0.4 is 5.32 Å². The van der Waals surface area contributed by atoms with Crippen molar-refractivity contribution < 1.29 is 9.59 Å². The van der Waals surface area contributed by atoms with Gasteiger partial charge in [-0.15, -0.1) is 11.8 Å². The van der Waals surface area contributed by atoms with E-state index < -0.39 is 0 Å². The van der Waals surface area contributed by atoms with Gasteiger partial charge in [0, 0.05) is 13.0 Å². The number of hydrogen-bond donors (Lipinski definition) is 1. The molecule has 94 valence electrons. The quantitative estimate of drug-likeness (QED) is 0.738. The third-order valence-electron chi connectivity index (χ3n) is 3.03. The smallest absolute Gasteiger partial charge is 0.245 e. The van der Waals surface area contributed by atoms with Crippen molar-refractivity contribution >= 4 is 11.8 Å². The predicted octanol–water partition coefficient (Wildman–Crippen LogP) is 0.915. The molecule has 2 atom stereocenters. The number of carbonyl (C=O) groups is 2. The summed E-state index contributed by atoms with van der Waals surface area (Å²) in [7, 11) is 0. The topological polar surface area (TPSA) is 49.4 Å². The Bertz CT molecular complexity index is 354. The van der Waals surface area contributed by atoms with E-state index in [9.17, 15) is 9.59 Å². The summed E-state index contributed by atoms with van der Waals surface area (Å²) < 4.78 is 0. The zero-order valence-electron chi connectivity index (χ0n) is 10.7. The minimum Gasteiger partial charge on any atom is -0.343 e. The van der Waals surface area contributed by atoms with E-state index in [0.29, 0.717) is 25.8 Å². The van der Waals surface area contributed by atoms with E-state index in [1.165, 1.54) is 0 Å². The lowest BCUT2D eigenvalue weighted by atomic mass is 10.0. The van der Waals surface area contributed by atoms with Crippen LogP contribution in [0.2, 0.25) is 0 Å². The summed E-state index contributed by atoms with van der Waals surface area (Å²) in [5, 5.41) is 2.77. The second-order valence-electron chi connectivity index (χ2n) is 4.10. The number of hydrogen-bond acceptors (Lipinski definition) is 2. The largest absolute Gasteiger partial charge is 0.343 e. The van der Waals surface area contributed by atoms with Crippen molar-refractivity contribution in [3.05, 3.63) is 0 Å². The minimum absolute atomic E-state index is 0.0249. The fraction of sp³-hybridized carbons (Fsp3) is 0.692. The molecule has 4 nitrogen and oxygen atoms in total. The van der Waals surface area contributed by atoms with E-state index in [0.717, 1.165) is 0 Å². The summed E-state index contributed by atoms with van der Waals surface area (Å²) in [6, 6.07) is -0.691. The summed E-state index contributed by atoms with van der Waals surface area (Å²) in [4.78, 5) is 25.6. The van der Waals surface area contributed by atoms with Gasteiger partial charge in [-0.2, -0.15) is 0 Å². The summed E-state index contributed by atoms with van der Waals surface area (Å²) in [5.74, 6) is 5.72. The van der Waals surface area contributed by atoms with Crippen LogP contribution in [0.3, 0.4) is 0 Å². The lowest BCUT2D eigenvalue weighted by Crippen LogP contribution is -2.63. The molecule has 1 rings (SSSR count). The van der Waals surface area contributed by atoms with Crippen LogP contribution >= 0.6 is 0 Å². The molecule has 1 saturated heterocycles.